The molecule has 0 radical (unpaired) electrons. The summed E-state index contributed by atoms with van der Waals surface area (Å²) in [7, 11) is 0. The minimum absolute atomic E-state index is 0.0633. The molecular weight excluding hydrogens is 343 g/mol. The SMILES string of the molecule is CC1(C)Oc2cc(OC3CCCCC3)ccc2-c2nn[se]c21. The van der Waals surface area contributed by atoms with Gasteiger partial charge in [-0.3, -0.25) is 0 Å². The van der Waals surface area contributed by atoms with Gasteiger partial charge < -0.3 is 0 Å². The van der Waals surface area contributed by atoms with Crippen LogP contribution in [0.4, 0.5) is 0 Å². The predicted molar refractivity (Wildman–Crippen MR) is 85.6 cm³/mol. The molecule has 1 aromatic heterocycles. The summed E-state index contributed by atoms with van der Waals surface area (Å²) in [4.78, 5) is 0. The van der Waals surface area contributed by atoms with Crippen LogP contribution in [-0.4, -0.2) is 30.0 Å². The third-order valence-electron chi connectivity index (χ3n) is 4.46. The molecule has 5 heteroatoms. The average molecular weight is 363 g/mol. The summed E-state index contributed by atoms with van der Waals surface area (Å²) in [6, 6.07) is 6.13. The van der Waals surface area contributed by atoms with Crippen LogP contribution in [0.5, 0.6) is 11.5 Å². The first-order valence-electron chi connectivity index (χ1n) is 7.96. The van der Waals surface area contributed by atoms with Crippen molar-refractivity contribution in [2.24, 2.45) is 0 Å². The molecule has 1 aliphatic heterocycles. The Kier molecular flexibility index (Phi) is 3.50. The first kappa shape index (κ1) is 14.3. The zero-order chi connectivity index (χ0) is 15.2. The van der Waals surface area contributed by atoms with Gasteiger partial charge in [0.2, 0.25) is 0 Å². The number of nitrogens with zero attached hydrogens (tertiary/aromatic N) is 2. The molecular formula is C17H20N2O2Se. The van der Waals surface area contributed by atoms with Crippen molar-refractivity contribution in [3.8, 4) is 22.8 Å². The number of hydrogen-bond donors (Lipinski definition) is 0. The van der Waals surface area contributed by atoms with Crippen LogP contribution in [0, 0.1) is 0 Å². The van der Waals surface area contributed by atoms with Gasteiger partial charge >= 0.3 is 136 Å². The predicted octanol–water partition coefficient (Wildman–Crippen LogP) is 3.54. The van der Waals surface area contributed by atoms with E-state index in [1.54, 1.807) is 0 Å². The number of aromatic nitrogens is 2. The second-order valence-corrected chi connectivity index (χ2v) is 8.18. The van der Waals surface area contributed by atoms with E-state index in [-0.39, 0.29) is 20.3 Å². The van der Waals surface area contributed by atoms with Crippen molar-refractivity contribution in [1.82, 2.24) is 9.19 Å². The zero-order valence-electron chi connectivity index (χ0n) is 13.0. The minimum atomic E-state index is -0.324. The van der Waals surface area contributed by atoms with Crippen molar-refractivity contribution < 1.29 is 9.47 Å². The van der Waals surface area contributed by atoms with Gasteiger partial charge in [0, 0.05) is 0 Å². The Balaban J connectivity index is 1.65. The molecule has 0 N–H and O–H groups in total. The fraction of sp³-hybridized carbons (Fsp3) is 0.529. The molecule has 0 saturated heterocycles. The van der Waals surface area contributed by atoms with E-state index in [9.17, 15) is 0 Å². The molecule has 1 fully saturated rings. The molecule has 0 atom stereocenters. The molecule has 1 saturated carbocycles. The molecule has 0 amide bonds. The second kappa shape index (κ2) is 5.39. The van der Waals surface area contributed by atoms with Gasteiger partial charge in [-0.2, -0.15) is 0 Å². The monoisotopic (exact) mass is 364 g/mol. The summed E-state index contributed by atoms with van der Waals surface area (Å²) < 4.78 is 17.8. The van der Waals surface area contributed by atoms with Crippen molar-refractivity contribution in [2.45, 2.75) is 57.7 Å². The van der Waals surface area contributed by atoms with Crippen molar-refractivity contribution >= 4 is 14.7 Å². The Morgan fingerprint density at radius 3 is 2.86 bits per heavy atom. The van der Waals surface area contributed by atoms with Crippen LogP contribution in [0.2, 0.25) is 0 Å². The molecule has 116 valence electrons. The van der Waals surface area contributed by atoms with Crippen LogP contribution < -0.4 is 9.47 Å². The number of rotatable bonds is 2. The molecule has 1 aliphatic carbocycles. The zero-order valence-corrected chi connectivity index (χ0v) is 14.7. The van der Waals surface area contributed by atoms with Crippen LogP contribution in [0.15, 0.2) is 18.2 Å². The normalized spacial score (nSPS) is 19.9. The first-order valence-corrected chi connectivity index (χ1v) is 9.59. The Bertz CT molecular complexity index is 690. The third kappa shape index (κ3) is 2.46. The summed E-state index contributed by atoms with van der Waals surface area (Å²) in [5.74, 6) is 1.78. The van der Waals surface area contributed by atoms with E-state index in [0.717, 1.165) is 35.6 Å². The standard InChI is InChI=1S/C17H20N2O2Se/c1-17(2)16-15(18-19-22-16)13-9-8-12(10-14(13)21-17)20-11-6-4-3-5-7-11/h8-11H,3-7H2,1-2H3. The number of fused-ring (bicyclic) bond motifs is 3. The quantitative estimate of drug-likeness (QED) is 0.766. The Morgan fingerprint density at radius 2 is 2.05 bits per heavy atom. The number of benzene rings is 1. The molecule has 22 heavy (non-hydrogen) atoms. The van der Waals surface area contributed by atoms with Gasteiger partial charge in [0.1, 0.15) is 0 Å². The molecule has 1 aromatic carbocycles. The van der Waals surface area contributed by atoms with Crippen LogP contribution in [-0.2, 0) is 5.60 Å². The fourth-order valence-electron chi connectivity index (χ4n) is 3.31. The van der Waals surface area contributed by atoms with Gasteiger partial charge in [0.25, 0.3) is 0 Å². The number of ether oxygens (including phenoxy) is 2. The Labute approximate surface area is 136 Å². The molecule has 0 unspecified atom stereocenters. The molecule has 0 spiro atoms. The van der Waals surface area contributed by atoms with Crippen LogP contribution in [0.1, 0.15) is 50.4 Å². The Morgan fingerprint density at radius 1 is 1.23 bits per heavy atom. The van der Waals surface area contributed by atoms with E-state index >= 15 is 0 Å². The van der Waals surface area contributed by atoms with E-state index in [4.69, 9.17) is 9.47 Å². The molecule has 2 aliphatic rings. The van der Waals surface area contributed by atoms with E-state index < -0.39 is 0 Å². The maximum atomic E-state index is 6.22. The van der Waals surface area contributed by atoms with Crippen molar-refractivity contribution in [1.29, 1.82) is 0 Å². The molecule has 4 nitrogen and oxygen atoms in total. The fourth-order valence-corrected chi connectivity index (χ4v) is 4.79. The number of hydrogen-bond acceptors (Lipinski definition) is 4. The van der Waals surface area contributed by atoms with Crippen LogP contribution in [0.25, 0.3) is 11.3 Å². The topological polar surface area (TPSA) is 44.2 Å². The van der Waals surface area contributed by atoms with Crippen molar-refractivity contribution in [3.63, 3.8) is 0 Å². The molecule has 2 aromatic rings. The van der Waals surface area contributed by atoms with Crippen LogP contribution >= 0.6 is 0 Å². The van der Waals surface area contributed by atoms with Gasteiger partial charge in [-0.15, -0.1) is 0 Å². The third-order valence-corrected chi connectivity index (χ3v) is 6.63. The summed E-state index contributed by atoms with van der Waals surface area (Å²) in [5, 5.41) is 4.35. The van der Waals surface area contributed by atoms with Crippen molar-refractivity contribution in [2.75, 3.05) is 0 Å². The molecule has 4 rings (SSSR count). The van der Waals surface area contributed by atoms with Gasteiger partial charge in [-0.1, -0.05) is 0 Å². The summed E-state index contributed by atoms with van der Waals surface area (Å²) >= 11 is 0.0633. The van der Waals surface area contributed by atoms with E-state index in [0.29, 0.717) is 6.10 Å². The van der Waals surface area contributed by atoms with Gasteiger partial charge in [-0.05, 0) is 0 Å². The molecule has 0 bridgehead atoms. The van der Waals surface area contributed by atoms with E-state index in [1.165, 1.54) is 23.7 Å². The molecule has 2 heterocycles. The first-order chi connectivity index (χ1) is 10.6. The second-order valence-electron chi connectivity index (χ2n) is 6.60. The maximum absolute atomic E-state index is 6.22. The summed E-state index contributed by atoms with van der Waals surface area (Å²) in [6.45, 7) is 4.19. The van der Waals surface area contributed by atoms with Gasteiger partial charge in [0.05, 0.1) is 0 Å². The van der Waals surface area contributed by atoms with Crippen molar-refractivity contribution in [3.05, 3.63) is 22.6 Å². The Hall–Kier alpha value is -1.32. The average Bonchev–Trinajstić information content (AvgIpc) is 2.98. The van der Waals surface area contributed by atoms with E-state index in [1.807, 2.05) is 12.1 Å². The van der Waals surface area contributed by atoms with Gasteiger partial charge in [0.15, 0.2) is 0 Å². The van der Waals surface area contributed by atoms with Gasteiger partial charge in [-0.25, -0.2) is 0 Å². The van der Waals surface area contributed by atoms with Crippen LogP contribution in [0.3, 0.4) is 0 Å². The summed E-state index contributed by atoms with van der Waals surface area (Å²) in [6.07, 6.45) is 6.57. The summed E-state index contributed by atoms with van der Waals surface area (Å²) in [5.41, 5.74) is 1.74. The van der Waals surface area contributed by atoms with E-state index in [2.05, 4.69) is 29.1 Å².